The molecule has 0 saturated heterocycles. The Labute approximate surface area is 111 Å². The SMILES string of the molecule is CCCc1cc(C(=O)N[C@@H](C)c2nncn2C)no1. The topological polar surface area (TPSA) is 85.8 Å². The lowest BCUT2D eigenvalue weighted by atomic mass is 10.2. The summed E-state index contributed by atoms with van der Waals surface area (Å²) in [6.07, 6.45) is 3.32. The second-order valence-corrected chi connectivity index (χ2v) is 4.42. The summed E-state index contributed by atoms with van der Waals surface area (Å²) < 4.78 is 6.84. The van der Waals surface area contributed by atoms with E-state index in [-0.39, 0.29) is 17.6 Å². The molecule has 7 heteroatoms. The van der Waals surface area contributed by atoms with Crippen molar-refractivity contribution in [3.8, 4) is 0 Å². The van der Waals surface area contributed by atoms with Gasteiger partial charge in [0.25, 0.3) is 5.91 Å². The molecule has 1 atom stereocenters. The van der Waals surface area contributed by atoms with Gasteiger partial charge >= 0.3 is 0 Å². The predicted octanol–water partition coefficient (Wildman–Crippen LogP) is 1.25. The molecule has 0 aliphatic carbocycles. The van der Waals surface area contributed by atoms with Gasteiger partial charge in [0, 0.05) is 19.5 Å². The summed E-state index contributed by atoms with van der Waals surface area (Å²) in [5, 5.41) is 14.3. The molecule has 0 fully saturated rings. The summed E-state index contributed by atoms with van der Waals surface area (Å²) in [6, 6.07) is 1.42. The number of nitrogens with zero attached hydrogens (tertiary/aromatic N) is 4. The molecule has 0 aliphatic heterocycles. The Morgan fingerprint density at radius 1 is 1.58 bits per heavy atom. The highest BCUT2D eigenvalue weighted by Gasteiger charge is 2.18. The van der Waals surface area contributed by atoms with Crippen LogP contribution in [-0.2, 0) is 13.5 Å². The van der Waals surface area contributed by atoms with E-state index < -0.39 is 0 Å². The van der Waals surface area contributed by atoms with Crippen molar-refractivity contribution in [3.63, 3.8) is 0 Å². The number of hydrogen-bond acceptors (Lipinski definition) is 5. The van der Waals surface area contributed by atoms with Crippen LogP contribution in [0.4, 0.5) is 0 Å². The zero-order chi connectivity index (χ0) is 13.8. The lowest BCUT2D eigenvalue weighted by Crippen LogP contribution is -2.28. The average Bonchev–Trinajstić information content (AvgIpc) is 2.98. The van der Waals surface area contributed by atoms with Crippen molar-refractivity contribution in [2.24, 2.45) is 7.05 Å². The minimum absolute atomic E-state index is 0.244. The minimum atomic E-state index is -0.276. The molecule has 0 aromatic carbocycles. The zero-order valence-corrected chi connectivity index (χ0v) is 11.3. The first kappa shape index (κ1) is 13.3. The Bertz CT molecular complexity index is 560. The van der Waals surface area contributed by atoms with E-state index in [0.29, 0.717) is 5.82 Å². The number of aromatic nitrogens is 4. The van der Waals surface area contributed by atoms with E-state index >= 15 is 0 Å². The first-order valence-corrected chi connectivity index (χ1v) is 6.22. The van der Waals surface area contributed by atoms with Crippen LogP contribution in [0.5, 0.6) is 0 Å². The van der Waals surface area contributed by atoms with Gasteiger partial charge < -0.3 is 14.4 Å². The summed E-state index contributed by atoms with van der Waals surface area (Å²) in [6.45, 7) is 3.88. The molecule has 1 amide bonds. The second kappa shape index (κ2) is 5.64. The van der Waals surface area contributed by atoms with Crippen molar-refractivity contribution in [2.75, 3.05) is 0 Å². The molecule has 2 aromatic heterocycles. The maximum absolute atomic E-state index is 12.0. The van der Waals surface area contributed by atoms with Crippen molar-refractivity contribution < 1.29 is 9.32 Å². The molecule has 0 spiro atoms. The fourth-order valence-electron chi connectivity index (χ4n) is 1.80. The molecule has 0 radical (unpaired) electrons. The molecular weight excluding hydrogens is 246 g/mol. The van der Waals surface area contributed by atoms with Crippen LogP contribution in [0.1, 0.15) is 48.4 Å². The Hall–Kier alpha value is -2.18. The van der Waals surface area contributed by atoms with E-state index in [4.69, 9.17) is 4.52 Å². The summed E-state index contributed by atoms with van der Waals surface area (Å²) >= 11 is 0. The van der Waals surface area contributed by atoms with E-state index in [1.807, 2.05) is 20.9 Å². The summed E-state index contributed by atoms with van der Waals surface area (Å²) in [7, 11) is 1.83. The van der Waals surface area contributed by atoms with E-state index in [0.717, 1.165) is 18.6 Å². The Kier molecular flexibility index (Phi) is 3.94. The van der Waals surface area contributed by atoms with Gasteiger partial charge in [-0.2, -0.15) is 0 Å². The van der Waals surface area contributed by atoms with Gasteiger partial charge in [-0.1, -0.05) is 12.1 Å². The van der Waals surface area contributed by atoms with Crippen LogP contribution < -0.4 is 5.32 Å². The molecule has 0 saturated carbocycles. The molecule has 0 bridgehead atoms. The fraction of sp³-hybridized carbons (Fsp3) is 0.500. The highest BCUT2D eigenvalue weighted by Crippen LogP contribution is 2.10. The molecule has 19 heavy (non-hydrogen) atoms. The highest BCUT2D eigenvalue weighted by molar-refractivity contribution is 5.92. The van der Waals surface area contributed by atoms with E-state index in [1.54, 1.807) is 17.0 Å². The lowest BCUT2D eigenvalue weighted by Gasteiger charge is -2.11. The van der Waals surface area contributed by atoms with Crippen LogP contribution in [0.2, 0.25) is 0 Å². The van der Waals surface area contributed by atoms with Gasteiger partial charge in [-0.3, -0.25) is 4.79 Å². The molecule has 102 valence electrons. The van der Waals surface area contributed by atoms with Gasteiger partial charge in [0.15, 0.2) is 11.5 Å². The molecule has 2 heterocycles. The number of nitrogens with one attached hydrogen (secondary N) is 1. The lowest BCUT2D eigenvalue weighted by molar-refractivity contribution is 0.0928. The van der Waals surface area contributed by atoms with Crippen LogP contribution in [0.25, 0.3) is 0 Å². The molecule has 7 nitrogen and oxygen atoms in total. The monoisotopic (exact) mass is 263 g/mol. The van der Waals surface area contributed by atoms with E-state index in [1.165, 1.54) is 0 Å². The molecule has 2 aromatic rings. The summed E-state index contributed by atoms with van der Waals surface area (Å²) in [5.74, 6) is 1.13. The summed E-state index contributed by atoms with van der Waals surface area (Å²) in [5.41, 5.74) is 0.289. The van der Waals surface area contributed by atoms with Crippen molar-refractivity contribution in [2.45, 2.75) is 32.7 Å². The molecule has 1 N–H and O–H groups in total. The fourth-order valence-corrected chi connectivity index (χ4v) is 1.80. The van der Waals surface area contributed by atoms with Gasteiger partial charge in [-0.15, -0.1) is 10.2 Å². The first-order valence-electron chi connectivity index (χ1n) is 6.22. The standard InChI is InChI=1S/C12H17N5O2/c1-4-5-9-6-10(16-19-9)12(18)14-8(2)11-15-13-7-17(11)3/h6-8H,4-5H2,1-3H3,(H,14,18)/t8-/m0/s1. The highest BCUT2D eigenvalue weighted by atomic mass is 16.5. The Balaban J connectivity index is 2.02. The van der Waals surface area contributed by atoms with Crippen molar-refractivity contribution >= 4 is 5.91 Å². The van der Waals surface area contributed by atoms with Crippen molar-refractivity contribution in [3.05, 3.63) is 29.7 Å². The quantitative estimate of drug-likeness (QED) is 0.877. The molecule has 0 aliphatic rings. The van der Waals surface area contributed by atoms with Gasteiger partial charge in [0.05, 0.1) is 6.04 Å². The zero-order valence-electron chi connectivity index (χ0n) is 11.3. The number of carbonyl (C=O) groups excluding carboxylic acids is 1. The Morgan fingerprint density at radius 3 is 3.00 bits per heavy atom. The van der Waals surface area contributed by atoms with Gasteiger partial charge in [-0.25, -0.2) is 0 Å². The predicted molar refractivity (Wildman–Crippen MR) is 67.4 cm³/mol. The molecule has 2 rings (SSSR count). The van der Waals surface area contributed by atoms with E-state index in [2.05, 4.69) is 20.7 Å². The van der Waals surface area contributed by atoms with Gasteiger partial charge in [0.2, 0.25) is 0 Å². The number of hydrogen-bond donors (Lipinski definition) is 1. The third-order valence-corrected chi connectivity index (χ3v) is 2.77. The number of aryl methyl sites for hydroxylation is 2. The third kappa shape index (κ3) is 2.98. The smallest absolute Gasteiger partial charge is 0.274 e. The van der Waals surface area contributed by atoms with Crippen LogP contribution >= 0.6 is 0 Å². The van der Waals surface area contributed by atoms with Crippen molar-refractivity contribution in [1.82, 2.24) is 25.2 Å². The molecular formula is C12H17N5O2. The number of rotatable bonds is 5. The minimum Gasteiger partial charge on any atom is -0.361 e. The van der Waals surface area contributed by atoms with Crippen LogP contribution in [-0.4, -0.2) is 25.8 Å². The summed E-state index contributed by atoms with van der Waals surface area (Å²) in [4.78, 5) is 12.0. The van der Waals surface area contributed by atoms with Crippen molar-refractivity contribution in [1.29, 1.82) is 0 Å². The van der Waals surface area contributed by atoms with Gasteiger partial charge in [-0.05, 0) is 13.3 Å². The number of amides is 1. The normalized spacial score (nSPS) is 12.4. The second-order valence-electron chi connectivity index (χ2n) is 4.42. The average molecular weight is 263 g/mol. The van der Waals surface area contributed by atoms with Crippen LogP contribution in [0, 0.1) is 0 Å². The maximum atomic E-state index is 12.0. The van der Waals surface area contributed by atoms with E-state index in [9.17, 15) is 4.79 Å². The van der Waals surface area contributed by atoms with Crippen LogP contribution in [0.3, 0.4) is 0 Å². The van der Waals surface area contributed by atoms with Gasteiger partial charge in [0.1, 0.15) is 12.1 Å². The van der Waals surface area contributed by atoms with Crippen LogP contribution in [0.15, 0.2) is 16.9 Å². The largest absolute Gasteiger partial charge is 0.361 e. The molecule has 0 unspecified atom stereocenters. The third-order valence-electron chi connectivity index (χ3n) is 2.77. The first-order chi connectivity index (χ1) is 9.11. The Morgan fingerprint density at radius 2 is 2.37 bits per heavy atom. The maximum Gasteiger partial charge on any atom is 0.274 e. The number of carbonyl (C=O) groups is 1.